The Balaban J connectivity index is 2.01. The average Bonchev–Trinajstić information content (AvgIpc) is 2.86. The lowest BCUT2D eigenvalue weighted by Crippen LogP contribution is -2.00. The minimum absolute atomic E-state index is 0.550. The number of epoxide rings is 1. The minimum atomic E-state index is 0.550. The zero-order valence-corrected chi connectivity index (χ0v) is 6.99. The maximum absolute atomic E-state index is 5.35. The Bertz CT molecular complexity index is 302. The Kier molecular flexibility index (Phi) is 1.30. The van der Waals surface area contributed by atoms with E-state index in [1.807, 2.05) is 0 Å². The SMILES string of the molecule is c1ccc2c(c1)CCC2C1CO1. The number of hydrogen-bond donors (Lipinski definition) is 0. The van der Waals surface area contributed by atoms with Crippen LogP contribution in [0.2, 0.25) is 0 Å². The molecule has 1 saturated heterocycles. The molecule has 1 heteroatoms. The van der Waals surface area contributed by atoms with E-state index in [-0.39, 0.29) is 0 Å². The Morgan fingerprint density at radius 3 is 2.92 bits per heavy atom. The van der Waals surface area contributed by atoms with Gasteiger partial charge in [0.05, 0.1) is 12.7 Å². The predicted molar refractivity (Wildman–Crippen MR) is 47.2 cm³/mol. The molecule has 0 saturated carbocycles. The van der Waals surface area contributed by atoms with E-state index in [0.29, 0.717) is 12.0 Å². The lowest BCUT2D eigenvalue weighted by atomic mass is 9.98. The van der Waals surface area contributed by atoms with Crippen LogP contribution in [0.1, 0.15) is 23.5 Å². The van der Waals surface area contributed by atoms with Crippen molar-refractivity contribution in [3.8, 4) is 0 Å². The first-order valence-electron chi connectivity index (χ1n) is 4.64. The Morgan fingerprint density at radius 1 is 1.25 bits per heavy atom. The summed E-state index contributed by atoms with van der Waals surface area (Å²) in [6, 6.07) is 8.78. The number of aryl methyl sites for hydroxylation is 1. The number of ether oxygens (including phenoxy) is 1. The maximum atomic E-state index is 5.35. The average molecular weight is 160 g/mol. The van der Waals surface area contributed by atoms with E-state index in [4.69, 9.17) is 4.74 Å². The Hall–Kier alpha value is -0.820. The van der Waals surface area contributed by atoms with Crippen LogP contribution < -0.4 is 0 Å². The van der Waals surface area contributed by atoms with Gasteiger partial charge in [-0.1, -0.05) is 24.3 Å². The van der Waals surface area contributed by atoms with Crippen LogP contribution in [0.25, 0.3) is 0 Å². The van der Waals surface area contributed by atoms with Gasteiger partial charge in [0.1, 0.15) is 0 Å². The second-order valence-corrected chi connectivity index (χ2v) is 3.72. The van der Waals surface area contributed by atoms with Crippen molar-refractivity contribution >= 4 is 0 Å². The topological polar surface area (TPSA) is 12.5 Å². The van der Waals surface area contributed by atoms with Gasteiger partial charge in [0, 0.05) is 5.92 Å². The number of fused-ring (bicyclic) bond motifs is 1. The second-order valence-electron chi connectivity index (χ2n) is 3.72. The molecule has 1 heterocycles. The molecule has 0 radical (unpaired) electrons. The summed E-state index contributed by atoms with van der Waals surface area (Å²) in [5.41, 5.74) is 3.08. The fourth-order valence-corrected chi connectivity index (χ4v) is 2.26. The van der Waals surface area contributed by atoms with Gasteiger partial charge in [-0.2, -0.15) is 0 Å². The zero-order valence-electron chi connectivity index (χ0n) is 6.99. The summed E-state index contributed by atoms with van der Waals surface area (Å²) in [7, 11) is 0. The van der Waals surface area contributed by atoms with Gasteiger partial charge >= 0.3 is 0 Å². The predicted octanol–water partition coefficient (Wildman–Crippen LogP) is 2.12. The summed E-state index contributed by atoms with van der Waals surface area (Å²) in [6.07, 6.45) is 3.10. The van der Waals surface area contributed by atoms with E-state index in [1.54, 1.807) is 5.56 Å². The summed E-state index contributed by atoms with van der Waals surface area (Å²) >= 11 is 0. The molecule has 2 atom stereocenters. The van der Waals surface area contributed by atoms with Gasteiger partial charge < -0.3 is 4.74 Å². The van der Waals surface area contributed by atoms with Crippen molar-refractivity contribution in [3.05, 3.63) is 35.4 Å². The number of rotatable bonds is 1. The van der Waals surface area contributed by atoms with Crippen LogP contribution in [0.4, 0.5) is 0 Å². The molecule has 0 aromatic heterocycles. The lowest BCUT2D eigenvalue weighted by Gasteiger charge is -2.06. The monoisotopic (exact) mass is 160 g/mol. The molecule has 0 bridgehead atoms. The molecule has 3 rings (SSSR count). The van der Waals surface area contributed by atoms with E-state index in [1.165, 1.54) is 18.4 Å². The highest BCUT2D eigenvalue weighted by Gasteiger charge is 2.37. The van der Waals surface area contributed by atoms with E-state index < -0.39 is 0 Å². The van der Waals surface area contributed by atoms with Crippen molar-refractivity contribution in [1.82, 2.24) is 0 Å². The molecule has 1 fully saturated rings. The highest BCUT2D eigenvalue weighted by molar-refractivity contribution is 5.36. The van der Waals surface area contributed by atoms with Crippen LogP contribution in [0.5, 0.6) is 0 Å². The van der Waals surface area contributed by atoms with Crippen molar-refractivity contribution < 1.29 is 4.74 Å². The summed E-state index contributed by atoms with van der Waals surface area (Å²) in [4.78, 5) is 0. The fraction of sp³-hybridized carbons (Fsp3) is 0.455. The van der Waals surface area contributed by atoms with Crippen LogP contribution in [-0.2, 0) is 11.2 Å². The molecule has 1 aliphatic carbocycles. The smallest absolute Gasteiger partial charge is 0.0878 e. The number of hydrogen-bond acceptors (Lipinski definition) is 1. The fourth-order valence-electron chi connectivity index (χ4n) is 2.26. The van der Waals surface area contributed by atoms with Crippen molar-refractivity contribution in [2.24, 2.45) is 0 Å². The summed E-state index contributed by atoms with van der Waals surface area (Å²) in [6.45, 7) is 0.985. The normalized spacial score (nSPS) is 31.7. The molecule has 0 spiro atoms. The molecule has 1 aliphatic heterocycles. The zero-order chi connectivity index (χ0) is 7.97. The molecule has 0 N–H and O–H groups in total. The minimum Gasteiger partial charge on any atom is -0.372 e. The van der Waals surface area contributed by atoms with Crippen molar-refractivity contribution in [2.45, 2.75) is 24.9 Å². The van der Waals surface area contributed by atoms with Crippen LogP contribution in [0.3, 0.4) is 0 Å². The molecule has 62 valence electrons. The summed E-state index contributed by atoms with van der Waals surface area (Å²) < 4.78 is 5.35. The van der Waals surface area contributed by atoms with Crippen molar-refractivity contribution in [2.75, 3.05) is 6.61 Å². The third kappa shape index (κ3) is 0.896. The molecule has 1 aromatic carbocycles. The van der Waals surface area contributed by atoms with Crippen LogP contribution in [0, 0.1) is 0 Å². The lowest BCUT2D eigenvalue weighted by molar-refractivity contribution is 0.372. The van der Waals surface area contributed by atoms with Gasteiger partial charge in [0.25, 0.3) is 0 Å². The van der Waals surface area contributed by atoms with Crippen molar-refractivity contribution in [1.29, 1.82) is 0 Å². The van der Waals surface area contributed by atoms with Gasteiger partial charge in [-0.15, -0.1) is 0 Å². The highest BCUT2D eigenvalue weighted by atomic mass is 16.6. The van der Waals surface area contributed by atoms with Crippen LogP contribution in [-0.4, -0.2) is 12.7 Å². The Morgan fingerprint density at radius 2 is 2.08 bits per heavy atom. The highest BCUT2D eigenvalue weighted by Crippen LogP contribution is 2.40. The summed E-state index contributed by atoms with van der Waals surface area (Å²) in [5.74, 6) is 0.709. The van der Waals surface area contributed by atoms with Crippen molar-refractivity contribution in [3.63, 3.8) is 0 Å². The van der Waals surface area contributed by atoms with E-state index in [9.17, 15) is 0 Å². The Labute approximate surface area is 72.4 Å². The molecule has 1 aromatic rings. The van der Waals surface area contributed by atoms with Gasteiger partial charge in [-0.3, -0.25) is 0 Å². The molecule has 0 amide bonds. The van der Waals surface area contributed by atoms with E-state index in [2.05, 4.69) is 24.3 Å². The molecule has 12 heavy (non-hydrogen) atoms. The molecule has 2 unspecified atom stereocenters. The molecule has 2 aliphatic rings. The molecular weight excluding hydrogens is 148 g/mol. The van der Waals surface area contributed by atoms with Gasteiger partial charge in [-0.25, -0.2) is 0 Å². The van der Waals surface area contributed by atoms with Gasteiger partial charge in [0.2, 0.25) is 0 Å². The van der Waals surface area contributed by atoms with Gasteiger partial charge in [0.15, 0.2) is 0 Å². The first-order valence-corrected chi connectivity index (χ1v) is 4.64. The van der Waals surface area contributed by atoms with E-state index >= 15 is 0 Å². The maximum Gasteiger partial charge on any atom is 0.0878 e. The molecular formula is C11H12O. The largest absolute Gasteiger partial charge is 0.372 e. The van der Waals surface area contributed by atoms with Crippen LogP contribution in [0.15, 0.2) is 24.3 Å². The number of benzene rings is 1. The third-order valence-corrected chi connectivity index (χ3v) is 2.99. The van der Waals surface area contributed by atoms with E-state index in [0.717, 1.165) is 6.61 Å². The molecule has 1 nitrogen and oxygen atoms in total. The first-order chi connectivity index (χ1) is 5.95. The first kappa shape index (κ1) is 6.67. The second kappa shape index (κ2) is 2.33. The van der Waals surface area contributed by atoms with Gasteiger partial charge in [-0.05, 0) is 24.0 Å². The van der Waals surface area contributed by atoms with Crippen LogP contribution >= 0.6 is 0 Å². The standard InChI is InChI=1S/C11H12O/c1-2-4-9-8(3-1)5-6-10(9)11-7-12-11/h1-4,10-11H,5-7H2. The quantitative estimate of drug-likeness (QED) is 0.573. The third-order valence-electron chi connectivity index (χ3n) is 2.99. The summed E-state index contributed by atoms with van der Waals surface area (Å²) in [5, 5.41) is 0.